The van der Waals surface area contributed by atoms with Gasteiger partial charge >= 0.3 is 5.97 Å². The Balaban J connectivity index is 2.57. The molecule has 1 aromatic rings. The number of aliphatic hydroxyl groups is 1. The summed E-state index contributed by atoms with van der Waals surface area (Å²) >= 11 is 1.35. The van der Waals surface area contributed by atoms with Crippen LogP contribution in [-0.4, -0.2) is 28.4 Å². The predicted octanol–water partition coefficient (Wildman–Crippen LogP) is 1.54. The minimum Gasteiger partial charge on any atom is -0.465 e. The standard InChI is InChI=1S/C11H15NO3S/c1-3-15-10(14)7-16-11-8(2)4-9(6-13)5-12-11/h4-5,13H,3,6-7H2,1-2H3. The molecule has 5 heteroatoms. The summed E-state index contributed by atoms with van der Waals surface area (Å²) in [7, 11) is 0. The van der Waals surface area contributed by atoms with Crippen molar-refractivity contribution in [1.82, 2.24) is 4.98 Å². The van der Waals surface area contributed by atoms with E-state index in [1.807, 2.05) is 13.0 Å². The summed E-state index contributed by atoms with van der Waals surface area (Å²) in [5.41, 5.74) is 1.74. The molecule has 0 saturated carbocycles. The molecule has 1 aromatic heterocycles. The highest BCUT2D eigenvalue weighted by Crippen LogP contribution is 2.20. The van der Waals surface area contributed by atoms with Crippen molar-refractivity contribution >= 4 is 17.7 Å². The monoisotopic (exact) mass is 241 g/mol. The van der Waals surface area contributed by atoms with Crippen molar-refractivity contribution in [2.75, 3.05) is 12.4 Å². The first-order valence-electron chi connectivity index (χ1n) is 5.02. The first-order valence-corrected chi connectivity index (χ1v) is 6.00. The molecule has 0 atom stereocenters. The van der Waals surface area contributed by atoms with Gasteiger partial charge in [0.25, 0.3) is 0 Å². The first-order chi connectivity index (χ1) is 7.67. The Bertz CT molecular complexity index is 368. The lowest BCUT2D eigenvalue weighted by Crippen LogP contribution is -2.07. The third-order valence-corrected chi connectivity index (χ3v) is 2.98. The zero-order chi connectivity index (χ0) is 12.0. The summed E-state index contributed by atoms with van der Waals surface area (Å²) in [6, 6.07) is 1.86. The van der Waals surface area contributed by atoms with Crippen LogP contribution in [0.25, 0.3) is 0 Å². The quantitative estimate of drug-likeness (QED) is 0.626. The Labute approximate surface area is 99.0 Å². The number of pyridine rings is 1. The summed E-state index contributed by atoms with van der Waals surface area (Å²) in [4.78, 5) is 15.3. The summed E-state index contributed by atoms with van der Waals surface area (Å²) in [6.45, 7) is 4.06. The molecule has 1 rings (SSSR count). The van der Waals surface area contributed by atoms with Crippen LogP contribution < -0.4 is 0 Å². The van der Waals surface area contributed by atoms with Crippen LogP contribution in [0.15, 0.2) is 17.3 Å². The van der Waals surface area contributed by atoms with Crippen LogP contribution in [0.3, 0.4) is 0 Å². The van der Waals surface area contributed by atoms with Gasteiger partial charge in [0.1, 0.15) is 0 Å². The molecule has 0 spiro atoms. The number of rotatable bonds is 5. The van der Waals surface area contributed by atoms with Crippen molar-refractivity contribution in [3.8, 4) is 0 Å². The topological polar surface area (TPSA) is 59.4 Å². The van der Waals surface area contributed by atoms with E-state index in [4.69, 9.17) is 9.84 Å². The van der Waals surface area contributed by atoms with E-state index in [-0.39, 0.29) is 18.3 Å². The van der Waals surface area contributed by atoms with Gasteiger partial charge in [-0.1, -0.05) is 11.8 Å². The highest BCUT2D eigenvalue weighted by atomic mass is 32.2. The molecule has 16 heavy (non-hydrogen) atoms. The number of hydrogen-bond donors (Lipinski definition) is 1. The van der Waals surface area contributed by atoms with E-state index in [0.717, 1.165) is 16.2 Å². The van der Waals surface area contributed by atoms with E-state index in [2.05, 4.69) is 4.98 Å². The fourth-order valence-electron chi connectivity index (χ4n) is 1.19. The maximum Gasteiger partial charge on any atom is 0.316 e. The molecule has 0 aliphatic carbocycles. The van der Waals surface area contributed by atoms with E-state index < -0.39 is 0 Å². The van der Waals surface area contributed by atoms with E-state index in [0.29, 0.717) is 6.61 Å². The number of aromatic nitrogens is 1. The van der Waals surface area contributed by atoms with Crippen molar-refractivity contribution in [2.24, 2.45) is 0 Å². The summed E-state index contributed by atoms with van der Waals surface area (Å²) in [6.07, 6.45) is 1.61. The molecule has 0 fully saturated rings. The van der Waals surface area contributed by atoms with Crippen LogP contribution >= 0.6 is 11.8 Å². The Morgan fingerprint density at radius 3 is 2.94 bits per heavy atom. The summed E-state index contributed by atoms with van der Waals surface area (Å²) < 4.78 is 4.82. The maximum absolute atomic E-state index is 11.1. The lowest BCUT2D eigenvalue weighted by atomic mass is 10.2. The minimum atomic E-state index is -0.236. The number of carbonyl (C=O) groups excluding carboxylic acids is 1. The lowest BCUT2D eigenvalue weighted by Gasteiger charge is -2.05. The average Bonchev–Trinajstić information content (AvgIpc) is 2.27. The van der Waals surface area contributed by atoms with Gasteiger partial charge in [-0.15, -0.1) is 0 Å². The number of ether oxygens (including phenoxy) is 1. The highest BCUT2D eigenvalue weighted by molar-refractivity contribution is 7.99. The van der Waals surface area contributed by atoms with E-state index >= 15 is 0 Å². The Kier molecular flexibility index (Phi) is 5.28. The van der Waals surface area contributed by atoms with E-state index in [1.54, 1.807) is 13.1 Å². The van der Waals surface area contributed by atoms with Crippen LogP contribution in [0, 0.1) is 6.92 Å². The van der Waals surface area contributed by atoms with Gasteiger partial charge in [-0.25, -0.2) is 4.98 Å². The van der Waals surface area contributed by atoms with Gasteiger partial charge < -0.3 is 9.84 Å². The van der Waals surface area contributed by atoms with E-state index in [1.165, 1.54) is 11.8 Å². The molecule has 1 heterocycles. The van der Waals surface area contributed by atoms with Gasteiger partial charge in [0.15, 0.2) is 0 Å². The van der Waals surface area contributed by atoms with Crippen molar-refractivity contribution in [3.63, 3.8) is 0 Å². The Hall–Kier alpha value is -1.07. The van der Waals surface area contributed by atoms with Crippen LogP contribution in [0.5, 0.6) is 0 Å². The zero-order valence-corrected chi connectivity index (χ0v) is 10.2. The highest BCUT2D eigenvalue weighted by Gasteiger charge is 2.07. The van der Waals surface area contributed by atoms with Gasteiger partial charge in [0.05, 0.1) is 24.0 Å². The number of aliphatic hydroxyl groups excluding tert-OH is 1. The van der Waals surface area contributed by atoms with Crippen molar-refractivity contribution in [1.29, 1.82) is 0 Å². The molecule has 0 radical (unpaired) electrons. The number of esters is 1. The smallest absolute Gasteiger partial charge is 0.316 e. The Morgan fingerprint density at radius 2 is 2.38 bits per heavy atom. The SMILES string of the molecule is CCOC(=O)CSc1ncc(CO)cc1C. The molecule has 0 amide bonds. The molecule has 88 valence electrons. The molecular weight excluding hydrogens is 226 g/mol. The minimum absolute atomic E-state index is 0.0172. The fraction of sp³-hybridized carbons (Fsp3) is 0.455. The zero-order valence-electron chi connectivity index (χ0n) is 9.40. The van der Waals surface area contributed by atoms with Gasteiger partial charge in [-0.3, -0.25) is 4.79 Å². The average molecular weight is 241 g/mol. The predicted molar refractivity (Wildman–Crippen MR) is 62.3 cm³/mol. The normalized spacial score (nSPS) is 10.2. The number of hydrogen-bond acceptors (Lipinski definition) is 5. The number of thioether (sulfide) groups is 1. The maximum atomic E-state index is 11.1. The molecule has 4 nitrogen and oxygen atoms in total. The van der Waals surface area contributed by atoms with Gasteiger partial charge in [-0.05, 0) is 31.0 Å². The number of aryl methyl sites for hydroxylation is 1. The van der Waals surface area contributed by atoms with Gasteiger partial charge in [0, 0.05) is 6.20 Å². The second-order valence-electron chi connectivity index (χ2n) is 3.22. The van der Waals surface area contributed by atoms with Crippen molar-refractivity contribution in [2.45, 2.75) is 25.5 Å². The molecule has 0 unspecified atom stereocenters. The van der Waals surface area contributed by atoms with Gasteiger partial charge in [-0.2, -0.15) is 0 Å². The van der Waals surface area contributed by atoms with E-state index in [9.17, 15) is 4.79 Å². The molecule has 0 aliphatic rings. The third-order valence-electron chi connectivity index (χ3n) is 1.90. The molecule has 0 saturated heterocycles. The van der Waals surface area contributed by atoms with Crippen LogP contribution in [0.1, 0.15) is 18.1 Å². The molecule has 0 aromatic carbocycles. The largest absolute Gasteiger partial charge is 0.465 e. The first kappa shape index (κ1) is 13.0. The summed E-state index contributed by atoms with van der Waals surface area (Å²) in [5.74, 6) is 0.0279. The molecule has 1 N–H and O–H groups in total. The van der Waals surface area contributed by atoms with Crippen LogP contribution in [0.4, 0.5) is 0 Å². The summed E-state index contributed by atoms with van der Waals surface area (Å²) in [5, 5.41) is 9.72. The fourth-order valence-corrected chi connectivity index (χ4v) is 1.94. The second kappa shape index (κ2) is 6.50. The van der Waals surface area contributed by atoms with Gasteiger partial charge in [0.2, 0.25) is 0 Å². The van der Waals surface area contributed by atoms with Crippen LogP contribution in [0.2, 0.25) is 0 Å². The third kappa shape index (κ3) is 3.83. The van der Waals surface area contributed by atoms with Crippen molar-refractivity contribution < 1.29 is 14.6 Å². The van der Waals surface area contributed by atoms with Crippen LogP contribution in [-0.2, 0) is 16.1 Å². The number of carbonyl (C=O) groups is 1. The van der Waals surface area contributed by atoms with Crippen molar-refractivity contribution in [3.05, 3.63) is 23.4 Å². The Morgan fingerprint density at radius 1 is 1.62 bits per heavy atom. The number of nitrogens with zero attached hydrogens (tertiary/aromatic N) is 1. The lowest BCUT2D eigenvalue weighted by molar-refractivity contribution is -0.139. The second-order valence-corrected chi connectivity index (χ2v) is 4.18. The molecular formula is C11H15NO3S. The molecule has 0 aliphatic heterocycles. The molecule has 0 bridgehead atoms.